The fraction of sp³-hybridized carbons (Fsp3) is 0.130. The van der Waals surface area contributed by atoms with Gasteiger partial charge in [0.25, 0.3) is 11.2 Å². The van der Waals surface area contributed by atoms with Crippen molar-refractivity contribution in [1.82, 2.24) is 9.38 Å². The molecule has 5 aromatic rings. The first-order valence-corrected chi connectivity index (χ1v) is 10.5. The number of ether oxygens (including phenoxy) is 1. The maximum atomic E-state index is 13.1. The summed E-state index contributed by atoms with van der Waals surface area (Å²) in [6, 6.07) is 11.7. The second-order valence-electron chi connectivity index (χ2n) is 7.41. The van der Waals surface area contributed by atoms with E-state index in [9.17, 15) is 14.9 Å². The molecule has 2 aromatic carbocycles. The first kappa shape index (κ1) is 20.0. The zero-order chi connectivity index (χ0) is 22.6. The van der Waals surface area contributed by atoms with Crippen LogP contribution in [0.2, 0.25) is 0 Å². The van der Waals surface area contributed by atoms with Gasteiger partial charge in [0.15, 0.2) is 4.96 Å². The fourth-order valence-electron chi connectivity index (χ4n) is 3.63. The van der Waals surface area contributed by atoms with Crippen LogP contribution in [0.3, 0.4) is 0 Å². The molecule has 0 spiro atoms. The highest BCUT2D eigenvalue weighted by molar-refractivity contribution is 7.15. The van der Waals surface area contributed by atoms with Crippen molar-refractivity contribution in [2.75, 3.05) is 7.11 Å². The number of aromatic nitrogens is 2. The zero-order valence-corrected chi connectivity index (χ0v) is 18.2. The van der Waals surface area contributed by atoms with Gasteiger partial charge in [-0.3, -0.25) is 14.9 Å². The van der Waals surface area contributed by atoms with E-state index in [1.807, 2.05) is 26.0 Å². The van der Waals surface area contributed by atoms with Gasteiger partial charge in [0.2, 0.25) is 0 Å². The fourth-order valence-corrected chi connectivity index (χ4v) is 4.59. The molecule has 0 fully saturated rings. The average Bonchev–Trinajstić information content (AvgIpc) is 3.44. The van der Waals surface area contributed by atoms with E-state index in [1.165, 1.54) is 36.6 Å². The van der Waals surface area contributed by atoms with Crippen molar-refractivity contribution in [3.63, 3.8) is 0 Å². The van der Waals surface area contributed by atoms with E-state index in [2.05, 4.69) is 4.98 Å². The van der Waals surface area contributed by atoms with E-state index in [0.29, 0.717) is 32.3 Å². The van der Waals surface area contributed by atoms with Gasteiger partial charge in [-0.05, 0) is 55.3 Å². The lowest BCUT2D eigenvalue weighted by Gasteiger charge is -2.05. The summed E-state index contributed by atoms with van der Waals surface area (Å²) in [7, 11) is 1.49. The summed E-state index contributed by atoms with van der Waals surface area (Å²) < 4.78 is 13.3. The Kier molecular flexibility index (Phi) is 4.56. The van der Waals surface area contributed by atoms with E-state index < -0.39 is 4.92 Å². The molecular formula is C23H17N3O5S. The van der Waals surface area contributed by atoms with Crippen LogP contribution in [0, 0.1) is 24.0 Å². The Hall–Kier alpha value is -3.98. The van der Waals surface area contributed by atoms with Crippen LogP contribution in [0.5, 0.6) is 5.75 Å². The summed E-state index contributed by atoms with van der Waals surface area (Å²) in [6.07, 6.45) is 1.65. The van der Waals surface area contributed by atoms with Crippen LogP contribution in [0.25, 0.3) is 33.4 Å². The molecule has 8 nitrogen and oxygen atoms in total. The SMILES string of the molecule is COc1ccc([N+](=O)[O-])cc1-c1ccc(/C=c2\sc3nc4cc(C)c(C)cc4n3c2=O)o1. The molecule has 0 amide bonds. The Morgan fingerprint density at radius 3 is 2.69 bits per heavy atom. The predicted molar refractivity (Wildman–Crippen MR) is 122 cm³/mol. The van der Waals surface area contributed by atoms with Crippen molar-refractivity contribution < 1.29 is 14.1 Å². The summed E-state index contributed by atoms with van der Waals surface area (Å²) in [4.78, 5) is 28.9. The molecule has 0 N–H and O–H groups in total. The number of nitro groups is 1. The van der Waals surface area contributed by atoms with Gasteiger partial charge in [0.1, 0.15) is 21.8 Å². The van der Waals surface area contributed by atoms with E-state index in [-0.39, 0.29) is 11.2 Å². The van der Waals surface area contributed by atoms with Crippen molar-refractivity contribution in [3.8, 4) is 17.1 Å². The topological polar surface area (TPSA) is 99.9 Å². The van der Waals surface area contributed by atoms with Crippen molar-refractivity contribution in [3.05, 3.63) is 84.4 Å². The number of fused-ring (bicyclic) bond motifs is 3. The summed E-state index contributed by atoms with van der Waals surface area (Å²) in [6.45, 7) is 4.02. The lowest BCUT2D eigenvalue weighted by molar-refractivity contribution is -0.384. The molecule has 0 atom stereocenters. The lowest BCUT2D eigenvalue weighted by atomic mass is 10.1. The molecule has 9 heteroatoms. The number of aryl methyl sites for hydroxylation is 2. The molecule has 0 saturated heterocycles. The number of hydrogen-bond donors (Lipinski definition) is 0. The third-order valence-corrected chi connectivity index (χ3v) is 6.38. The zero-order valence-electron chi connectivity index (χ0n) is 17.4. The van der Waals surface area contributed by atoms with Crippen LogP contribution in [0.1, 0.15) is 16.9 Å². The number of benzene rings is 2. The minimum Gasteiger partial charge on any atom is -0.496 e. The minimum atomic E-state index is -0.475. The highest BCUT2D eigenvalue weighted by Crippen LogP contribution is 2.34. The second kappa shape index (κ2) is 7.31. The van der Waals surface area contributed by atoms with Crippen LogP contribution in [-0.4, -0.2) is 21.4 Å². The van der Waals surface area contributed by atoms with Crippen molar-refractivity contribution in [2.45, 2.75) is 13.8 Å². The molecule has 0 aliphatic rings. The summed E-state index contributed by atoms with van der Waals surface area (Å²) >= 11 is 1.29. The summed E-state index contributed by atoms with van der Waals surface area (Å²) in [5, 5.41) is 11.1. The number of rotatable bonds is 4. The van der Waals surface area contributed by atoms with Crippen molar-refractivity contribution in [1.29, 1.82) is 0 Å². The molecule has 3 aromatic heterocycles. The maximum Gasteiger partial charge on any atom is 0.275 e. The molecular weight excluding hydrogens is 430 g/mol. The largest absolute Gasteiger partial charge is 0.496 e. The van der Waals surface area contributed by atoms with Crippen LogP contribution >= 0.6 is 11.3 Å². The smallest absolute Gasteiger partial charge is 0.275 e. The lowest BCUT2D eigenvalue weighted by Crippen LogP contribution is -2.22. The minimum absolute atomic E-state index is 0.0681. The van der Waals surface area contributed by atoms with E-state index in [1.54, 1.807) is 22.6 Å². The molecule has 0 radical (unpaired) electrons. The van der Waals surface area contributed by atoms with Crippen LogP contribution < -0.4 is 14.8 Å². The number of non-ortho nitro benzene ring substituents is 1. The van der Waals surface area contributed by atoms with E-state index in [4.69, 9.17) is 9.15 Å². The van der Waals surface area contributed by atoms with Gasteiger partial charge in [-0.15, -0.1) is 0 Å². The first-order chi connectivity index (χ1) is 15.4. The Morgan fingerprint density at radius 2 is 1.94 bits per heavy atom. The van der Waals surface area contributed by atoms with Crippen molar-refractivity contribution >= 4 is 39.1 Å². The number of nitro benzene ring substituents is 1. The van der Waals surface area contributed by atoms with Gasteiger partial charge in [-0.25, -0.2) is 9.38 Å². The standard InChI is InChI=1S/C23H17N3O5S/c1-12-8-17-18(9-13(12)2)25-22(27)21(32-23(25)24-17)11-15-5-7-20(31-15)16-10-14(26(28)29)4-6-19(16)30-3/h4-11H,1-3H3/b21-11-. The second-order valence-corrected chi connectivity index (χ2v) is 8.42. The normalized spacial score (nSPS) is 12.2. The van der Waals surface area contributed by atoms with E-state index in [0.717, 1.165) is 22.2 Å². The third-order valence-electron chi connectivity index (χ3n) is 5.41. The molecule has 0 aliphatic carbocycles. The Bertz CT molecular complexity index is 1640. The monoisotopic (exact) mass is 447 g/mol. The Morgan fingerprint density at radius 1 is 1.16 bits per heavy atom. The third kappa shape index (κ3) is 3.14. The quantitative estimate of drug-likeness (QED) is 0.302. The molecule has 0 bridgehead atoms. The van der Waals surface area contributed by atoms with Crippen molar-refractivity contribution in [2.24, 2.45) is 0 Å². The van der Waals surface area contributed by atoms with Gasteiger partial charge in [0.05, 0.1) is 28.6 Å². The number of hydrogen-bond acceptors (Lipinski definition) is 7. The Labute approximate surface area is 185 Å². The van der Waals surface area contributed by atoms with Gasteiger partial charge in [-0.1, -0.05) is 11.3 Å². The highest BCUT2D eigenvalue weighted by Gasteiger charge is 2.16. The Balaban J connectivity index is 1.61. The summed E-state index contributed by atoms with van der Waals surface area (Å²) in [5.74, 6) is 1.31. The highest BCUT2D eigenvalue weighted by atomic mass is 32.1. The number of furan rings is 1. The molecule has 0 saturated carbocycles. The van der Waals surface area contributed by atoms with Crippen LogP contribution in [0.4, 0.5) is 5.69 Å². The molecule has 5 rings (SSSR count). The predicted octanol–water partition coefficient (Wildman–Crippen LogP) is 4.25. The summed E-state index contributed by atoms with van der Waals surface area (Å²) in [5.41, 5.74) is 4.02. The van der Waals surface area contributed by atoms with Gasteiger partial charge in [0, 0.05) is 18.2 Å². The van der Waals surface area contributed by atoms with Gasteiger partial charge >= 0.3 is 0 Å². The van der Waals surface area contributed by atoms with Crippen LogP contribution in [-0.2, 0) is 0 Å². The first-order valence-electron chi connectivity index (χ1n) is 9.72. The van der Waals surface area contributed by atoms with E-state index >= 15 is 0 Å². The number of methoxy groups -OCH3 is 1. The molecule has 3 heterocycles. The molecule has 160 valence electrons. The number of nitrogens with zero attached hydrogens (tertiary/aromatic N) is 3. The maximum absolute atomic E-state index is 13.1. The number of imidazole rings is 1. The molecule has 32 heavy (non-hydrogen) atoms. The number of thiazole rings is 1. The molecule has 0 aliphatic heterocycles. The van der Waals surface area contributed by atoms with Gasteiger partial charge < -0.3 is 9.15 Å². The van der Waals surface area contributed by atoms with Crippen LogP contribution in [0.15, 0.2) is 51.7 Å². The van der Waals surface area contributed by atoms with Gasteiger partial charge in [-0.2, -0.15) is 0 Å². The molecule has 0 unspecified atom stereocenters. The average molecular weight is 447 g/mol.